The number of nitrogens with two attached hydrogens (primary N) is 1. The van der Waals surface area contributed by atoms with Crippen molar-refractivity contribution in [1.82, 2.24) is 4.90 Å². The van der Waals surface area contributed by atoms with Gasteiger partial charge in [-0.25, -0.2) is 4.79 Å². The first kappa shape index (κ1) is 18.6. The number of thioether (sulfide) groups is 1. The maximum atomic E-state index is 11.8. The van der Waals surface area contributed by atoms with E-state index in [1.54, 1.807) is 28.8 Å². The van der Waals surface area contributed by atoms with Crippen LogP contribution in [0.25, 0.3) is 0 Å². The van der Waals surface area contributed by atoms with E-state index in [9.17, 15) is 4.79 Å². The highest BCUT2D eigenvalue weighted by Gasteiger charge is 2.12. The Morgan fingerprint density at radius 2 is 1.90 bits per heavy atom. The minimum atomic E-state index is -0.261. The van der Waals surface area contributed by atoms with Crippen molar-refractivity contribution >= 4 is 23.5 Å². The molecule has 0 radical (unpaired) electrons. The van der Waals surface area contributed by atoms with Crippen LogP contribution in [0.2, 0.25) is 0 Å². The molecule has 0 spiro atoms. The summed E-state index contributed by atoms with van der Waals surface area (Å²) < 4.78 is 5.25. The van der Waals surface area contributed by atoms with Crippen LogP contribution in [0.3, 0.4) is 0 Å². The van der Waals surface area contributed by atoms with Gasteiger partial charge in [0.2, 0.25) is 0 Å². The molecule has 2 N–H and O–H groups in total. The molecule has 0 bridgehead atoms. The zero-order valence-electron chi connectivity index (χ0n) is 12.9. The van der Waals surface area contributed by atoms with Crippen molar-refractivity contribution in [3.05, 3.63) is 29.8 Å². The van der Waals surface area contributed by atoms with Crippen molar-refractivity contribution in [1.29, 1.82) is 0 Å². The summed E-state index contributed by atoms with van der Waals surface area (Å²) in [5.74, 6) is 0.921. The van der Waals surface area contributed by atoms with E-state index in [0.717, 1.165) is 17.9 Å². The molecule has 0 aliphatic rings. The first-order valence-corrected chi connectivity index (χ1v) is 8.31. The Morgan fingerprint density at radius 1 is 1.30 bits per heavy atom. The van der Waals surface area contributed by atoms with E-state index in [-0.39, 0.29) is 12.7 Å². The summed E-state index contributed by atoms with van der Waals surface area (Å²) in [6, 6.07) is 7.32. The van der Waals surface area contributed by atoms with Gasteiger partial charge in [0, 0.05) is 24.5 Å². The number of anilines is 1. The largest absolute Gasteiger partial charge is 0.445 e. The van der Waals surface area contributed by atoms with Crippen LogP contribution in [0.1, 0.15) is 26.3 Å². The van der Waals surface area contributed by atoms with Crippen molar-refractivity contribution in [2.75, 3.05) is 30.8 Å². The zero-order valence-corrected chi connectivity index (χ0v) is 13.7. The molecular weight excluding hydrogens is 272 g/mol. The van der Waals surface area contributed by atoms with Gasteiger partial charge in [0.25, 0.3) is 0 Å². The van der Waals surface area contributed by atoms with Crippen molar-refractivity contribution in [3.63, 3.8) is 0 Å². The van der Waals surface area contributed by atoms with Gasteiger partial charge in [0.15, 0.2) is 0 Å². The molecule has 1 aromatic rings. The van der Waals surface area contributed by atoms with Gasteiger partial charge in [-0.3, -0.25) is 0 Å². The highest BCUT2D eigenvalue weighted by Crippen LogP contribution is 2.08. The van der Waals surface area contributed by atoms with Gasteiger partial charge in [-0.15, -0.1) is 0 Å². The fourth-order valence-electron chi connectivity index (χ4n) is 1.43. The second-order valence-corrected chi connectivity index (χ2v) is 4.85. The lowest BCUT2D eigenvalue weighted by Crippen LogP contribution is -2.33. The van der Waals surface area contributed by atoms with Gasteiger partial charge in [0.05, 0.1) is 0 Å². The molecule has 0 aliphatic heterocycles. The normalized spacial score (nSPS) is 9.40. The predicted octanol–water partition coefficient (Wildman–Crippen LogP) is 3.62. The predicted molar refractivity (Wildman–Crippen MR) is 88.0 cm³/mol. The Balaban J connectivity index is 0.00000172. The highest BCUT2D eigenvalue weighted by atomic mass is 32.2. The molecule has 1 rings (SSSR count). The summed E-state index contributed by atoms with van der Waals surface area (Å²) in [5, 5.41) is 0. The number of amides is 1. The fourth-order valence-corrected chi connectivity index (χ4v) is 1.83. The molecule has 1 amide bonds. The van der Waals surface area contributed by atoms with E-state index >= 15 is 0 Å². The lowest BCUT2D eigenvalue weighted by molar-refractivity contribution is 0.100. The second-order valence-electron chi connectivity index (χ2n) is 3.87. The third-order valence-corrected chi connectivity index (χ3v) is 3.14. The van der Waals surface area contributed by atoms with Gasteiger partial charge in [-0.1, -0.05) is 26.0 Å². The molecule has 0 saturated heterocycles. The van der Waals surface area contributed by atoms with E-state index in [4.69, 9.17) is 10.5 Å². The summed E-state index contributed by atoms with van der Waals surface area (Å²) in [4.78, 5) is 13.5. The van der Waals surface area contributed by atoms with Gasteiger partial charge < -0.3 is 15.4 Å². The first-order chi connectivity index (χ1) is 9.67. The summed E-state index contributed by atoms with van der Waals surface area (Å²) in [7, 11) is 0. The fraction of sp³-hybridized carbons (Fsp3) is 0.533. The van der Waals surface area contributed by atoms with Crippen LogP contribution in [0.5, 0.6) is 0 Å². The van der Waals surface area contributed by atoms with Crippen LogP contribution in [0.15, 0.2) is 24.3 Å². The summed E-state index contributed by atoms with van der Waals surface area (Å²) in [6.45, 7) is 7.62. The van der Waals surface area contributed by atoms with Crippen molar-refractivity contribution in [3.8, 4) is 0 Å². The molecule has 0 heterocycles. The van der Waals surface area contributed by atoms with Crippen LogP contribution in [-0.4, -0.2) is 36.1 Å². The van der Waals surface area contributed by atoms with E-state index in [2.05, 4.69) is 0 Å². The van der Waals surface area contributed by atoms with E-state index < -0.39 is 0 Å². The molecule has 5 heteroatoms. The quantitative estimate of drug-likeness (QED) is 0.815. The summed E-state index contributed by atoms with van der Waals surface area (Å²) in [6.07, 6.45) is 1.76. The third kappa shape index (κ3) is 7.28. The highest BCUT2D eigenvalue weighted by molar-refractivity contribution is 7.98. The number of rotatable bonds is 6. The smallest absolute Gasteiger partial charge is 0.410 e. The monoisotopic (exact) mass is 298 g/mol. The Morgan fingerprint density at radius 3 is 2.40 bits per heavy atom. The van der Waals surface area contributed by atoms with E-state index in [0.29, 0.717) is 12.2 Å². The molecule has 0 aromatic heterocycles. The summed E-state index contributed by atoms with van der Waals surface area (Å²) >= 11 is 1.72. The number of nitrogen functional groups attached to an aromatic ring is 1. The average Bonchev–Trinajstić information content (AvgIpc) is 2.49. The Kier molecular flexibility index (Phi) is 10.7. The van der Waals surface area contributed by atoms with Gasteiger partial charge in [-0.2, -0.15) is 11.8 Å². The van der Waals surface area contributed by atoms with Crippen molar-refractivity contribution in [2.45, 2.75) is 27.4 Å². The number of carbonyl (C=O) groups excluding carboxylic acids is 1. The topological polar surface area (TPSA) is 55.6 Å². The molecule has 0 atom stereocenters. The van der Waals surface area contributed by atoms with Crippen LogP contribution in [-0.2, 0) is 11.3 Å². The van der Waals surface area contributed by atoms with E-state index in [1.807, 2.05) is 39.2 Å². The zero-order chi connectivity index (χ0) is 15.4. The molecule has 0 fully saturated rings. The number of benzene rings is 1. The Hall–Kier alpha value is -1.36. The number of ether oxygens (including phenoxy) is 1. The van der Waals surface area contributed by atoms with Crippen LogP contribution in [0, 0.1) is 0 Å². The maximum absolute atomic E-state index is 11.8. The summed E-state index contributed by atoms with van der Waals surface area (Å²) in [5.41, 5.74) is 7.24. The molecule has 114 valence electrons. The molecule has 0 unspecified atom stereocenters. The van der Waals surface area contributed by atoms with Crippen molar-refractivity contribution < 1.29 is 9.53 Å². The SMILES string of the molecule is CC.CCN(CCSC)C(=O)OCc1ccc(N)cc1. The van der Waals surface area contributed by atoms with Gasteiger partial charge in [-0.05, 0) is 30.9 Å². The number of carbonyl (C=O) groups is 1. The number of hydrogen-bond donors (Lipinski definition) is 1. The van der Waals surface area contributed by atoms with Crippen LogP contribution < -0.4 is 5.73 Å². The average molecular weight is 298 g/mol. The third-order valence-electron chi connectivity index (χ3n) is 2.55. The lowest BCUT2D eigenvalue weighted by Gasteiger charge is -2.19. The van der Waals surface area contributed by atoms with Gasteiger partial charge >= 0.3 is 6.09 Å². The van der Waals surface area contributed by atoms with Gasteiger partial charge in [0.1, 0.15) is 6.61 Å². The Bertz CT molecular complexity index is 369. The molecule has 1 aromatic carbocycles. The maximum Gasteiger partial charge on any atom is 0.410 e. The van der Waals surface area contributed by atoms with E-state index in [1.165, 1.54) is 0 Å². The van der Waals surface area contributed by atoms with Crippen LogP contribution in [0.4, 0.5) is 10.5 Å². The molecule has 20 heavy (non-hydrogen) atoms. The molecular formula is C15H26N2O2S. The molecule has 0 saturated carbocycles. The second kappa shape index (κ2) is 11.5. The Labute approximate surface area is 126 Å². The standard InChI is InChI=1S/C13H20N2O2S.C2H6/c1-3-15(8-9-18-2)13(16)17-10-11-4-6-12(14)7-5-11;1-2/h4-7H,3,8-10,14H2,1-2H3;1-2H3. The molecule has 4 nitrogen and oxygen atoms in total. The lowest BCUT2D eigenvalue weighted by atomic mass is 10.2. The first-order valence-electron chi connectivity index (χ1n) is 6.92. The molecule has 0 aliphatic carbocycles. The minimum absolute atomic E-state index is 0.261. The minimum Gasteiger partial charge on any atom is -0.445 e. The number of hydrogen-bond acceptors (Lipinski definition) is 4. The van der Waals surface area contributed by atoms with Crippen LogP contribution >= 0.6 is 11.8 Å². The number of nitrogens with zero attached hydrogens (tertiary/aromatic N) is 1. The van der Waals surface area contributed by atoms with Crippen molar-refractivity contribution in [2.24, 2.45) is 0 Å².